The summed E-state index contributed by atoms with van der Waals surface area (Å²) in [5.41, 5.74) is 1.84. The lowest BCUT2D eigenvalue weighted by atomic mass is 10.2. The van der Waals surface area contributed by atoms with Crippen LogP contribution in [0.1, 0.15) is 28.8 Å². The number of nitrogens with zero attached hydrogens (tertiary/aromatic N) is 2. The first kappa shape index (κ1) is 20.4. The lowest BCUT2D eigenvalue weighted by Crippen LogP contribution is -2.37. The van der Waals surface area contributed by atoms with E-state index in [1.807, 2.05) is 47.4 Å². The third kappa shape index (κ3) is 6.08. The number of benzene rings is 2. The average Bonchev–Trinajstić information content (AvgIpc) is 2.96. The third-order valence-electron chi connectivity index (χ3n) is 4.92. The third-order valence-corrected chi connectivity index (χ3v) is 5.17. The summed E-state index contributed by atoms with van der Waals surface area (Å²) in [7, 11) is 0. The summed E-state index contributed by atoms with van der Waals surface area (Å²) in [4.78, 5) is 28.8. The Bertz CT molecular complexity index is 780. The number of hydrogen-bond donors (Lipinski definition) is 1. The topological polar surface area (TPSA) is 52.7 Å². The minimum absolute atomic E-state index is 0.0988. The molecule has 5 nitrogen and oxygen atoms in total. The van der Waals surface area contributed by atoms with Crippen LogP contribution in [0.25, 0.3) is 0 Å². The molecule has 0 saturated carbocycles. The molecule has 1 heterocycles. The maximum atomic E-state index is 12.5. The first-order valence-corrected chi connectivity index (χ1v) is 10.1. The van der Waals surface area contributed by atoms with Gasteiger partial charge in [-0.3, -0.25) is 14.5 Å². The van der Waals surface area contributed by atoms with E-state index in [1.165, 1.54) is 5.56 Å². The summed E-state index contributed by atoms with van der Waals surface area (Å²) >= 11 is 5.95. The van der Waals surface area contributed by atoms with E-state index in [4.69, 9.17) is 11.6 Å². The van der Waals surface area contributed by atoms with E-state index < -0.39 is 0 Å². The summed E-state index contributed by atoms with van der Waals surface area (Å²) in [6.07, 6.45) is 1.28. The van der Waals surface area contributed by atoms with Crippen molar-refractivity contribution < 1.29 is 9.59 Å². The Morgan fingerprint density at radius 1 is 0.929 bits per heavy atom. The van der Waals surface area contributed by atoms with Crippen molar-refractivity contribution in [3.63, 3.8) is 0 Å². The molecule has 6 heteroatoms. The van der Waals surface area contributed by atoms with E-state index in [0.717, 1.165) is 44.2 Å². The number of rotatable bonds is 6. The molecule has 0 aliphatic carbocycles. The molecule has 1 aliphatic rings. The largest absolute Gasteiger partial charge is 0.352 e. The fourth-order valence-electron chi connectivity index (χ4n) is 3.36. The zero-order valence-corrected chi connectivity index (χ0v) is 16.7. The van der Waals surface area contributed by atoms with Crippen LogP contribution >= 0.6 is 11.6 Å². The number of hydrogen-bond acceptors (Lipinski definition) is 3. The molecule has 1 N–H and O–H groups in total. The summed E-state index contributed by atoms with van der Waals surface area (Å²) in [6.45, 7) is 4.54. The molecule has 0 unspecified atom stereocenters. The molecule has 0 spiro atoms. The molecule has 1 aliphatic heterocycles. The molecule has 2 aromatic rings. The predicted molar refractivity (Wildman–Crippen MR) is 111 cm³/mol. The van der Waals surface area contributed by atoms with Crippen LogP contribution in [0.3, 0.4) is 0 Å². The SMILES string of the molecule is O=C(NCCC(=O)N1CCCN(Cc2ccc(Cl)cc2)CC1)c1ccccc1. The molecule has 0 aromatic heterocycles. The van der Waals surface area contributed by atoms with E-state index in [0.29, 0.717) is 18.5 Å². The smallest absolute Gasteiger partial charge is 0.251 e. The summed E-state index contributed by atoms with van der Waals surface area (Å²) in [5, 5.41) is 3.57. The number of halogens is 1. The molecule has 0 atom stereocenters. The highest BCUT2D eigenvalue weighted by Gasteiger charge is 2.19. The number of amides is 2. The number of carbonyl (C=O) groups is 2. The molecular formula is C22H26ClN3O2. The van der Waals surface area contributed by atoms with Crippen molar-refractivity contribution in [2.45, 2.75) is 19.4 Å². The Hall–Kier alpha value is -2.37. The second kappa shape index (κ2) is 10.2. The van der Waals surface area contributed by atoms with Crippen LogP contribution in [-0.2, 0) is 11.3 Å². The standard InChI is InChI=1S/C22H26ClN3O2/c23-20-9-7-18(8-10-20)17-25-13-4-14-26(16-15-25)21(27)11-12-24-22(28)19-5-2-1-3-6-19/h1-3,5-10H,4,11-17H2,(H,24,28). The van der Waals surface area contributed by atoms with E-state index in [9.17, 15) is 9.59 Å². The molecule has 0 bridgehead atoms. The summed E-state index contributed by atoms with van der Waals surface area (Å²) in [6, 6.07) is 17.0. The van der Waals surface area contributed by atoms with Gasteiger partial charge in [-0.25, -0.2) is 0 Å². The maximum Gasteiger partial charge on any atom is 0.251 e. The van der Waals surface area contributed by atoms with Crippen molar-refractivity contribution in [3.05, 3.63) is 70.7 Å². The monoisotopic (exact) mass is 399 g/mol. The van der Waals surface area contributed by atoms with Gasteiger partial charge in [0.05, 0.1) is 0 Å². The number of carbonyl (C=O) groups excluding carboxylic acids is 2. The van der Waals surface area contributed by atoms with E-state index >= 15 is 0 Å². The van der Waals surface area contributed by atoms with Crippen molar-refractivity contribution >= 4 is 23.4 Å². The normalized spacial score (nSPS) is 15.1. The van der Waals surface area contributed by atoms with E-state index in [-0.39, 0.29) is 11.8 Å². The molecule has 3 rings (SSSR count). The van der Waals surface area contributed by atoms with Gasteiger partial charge in [-0.1, -0.05) is 41.9 Å². The Kier molecular flexibility index (Phi) is 7.46. The van der Waals surface area contributed by atoms with Gasteiger partial charge in [0, 0.05) is 56.3 Å². The zero-order valence-electron chi connectivity index (χ0n) is 15.9. The molecule has 148 valence electrons. The van der Waals surface area contributed by atoms with E-state index in [2.05, 4.69) is 10.2 Å². The van der Waals surface area contributed by atoms with Crippen LogP contribution in [-0.4, -0.2) is 54.3 Å². The quantitative estimate of drug-likeness (QED) is 0.811. The Balaban J connectivity index is 1.41. The highest BCUT2D eigenvalue weighted by Crippen LogP contribution is 2.13. The van der Waals surface area contributed by atoms with Gasteiger partial charge in [-0.05, 0) is 36.2 Å². The Labute approximate surface area is 171 Å². The highest BCUT2D eigenvalue weighted by molar-refractivity contribution is 6.30. The van der Waals surface area contributed by atoms with Crippen molar-refractivity contribution in [3.8, 4) is 0 Å². The maximum absolute atomic E-state index is 12.5. The molecule has 2 amide bonds. The van der Waals surface area contributed by atoms with Gasteiger partial charge < -0.3 is 10.2 Å². The summed E-state index contributed by atoms with van der Waals surface area (Å²) < 4.78 is 0. The lowest BCUT2D eigenvalue weighted by molar-refractivity contribution is -0.130. The molecule has 1 fully saturated rings. The summed E-state index contributed by atoms with van der Waals surface area (Å²) in [5.74, 6) is -0.0416. The highest BCUT2D eigenvalue weighted by atomic mass is 35.5. The Morgan fingerprint density at radius 2 is 1.68 bits per heavy atom. The lowest BCUT2D eigenvalue weighted by Gasteiger charge is -2.22. The first-order chi connectivity index (χ1) is 13.6. The van der Waals surface area contributed by atoms with Gasteiger partial charge in [-0.15, -0.1) is 0 Å². The van der Waals surface area contributed by atoms with E-state index in [1.54, 1.807) is 12.1 Å². The molecule has 28 heavy (non-hydrogen) atoms. The van der Waals surface area contributed by atoms with Crippen molar-refractivity contribution in [1.82, 2.24) is 15.1 Å². The molecular weight excluding hydrogens is 374 g/mol. The van der Waals surface area contributed by atoms with Crippen molar-refractivity contribution in [2.75, 3.05) is 32.7 Å². The minimum atomic E-state index is -0.140. The molecule has 2 aromatic carbocycles. The fraction of sp³-hybridized carbons (Fsp3) is 0.364. The van der Waals surface area contributed by atoms with Gasteiger partial charge >= 0.3 is 0 Å². The van der Waals surface area contributed by atoms with Crippen molar-refractivity contribution in [1.29, 1.82) is 0 Å². The van der Waals surface area contributed by atoms with Gasteiger partial charge in [0.25, 0.3) is 5.91 Å². The zero-order chi connectivity index (χ0) is 19.8. The Morgan fingerprint density at radius 3 is 2.43 bits per heavy atom. The molecule has 0 radical (unpaired) electrons. The van der Waals surface area contributed by atoms with Crippen molar-refractivity contribution in [2.24, 2.45) is 0 Å². The van der Waals surface area contributed by atoms with Crippen LogP contribution < -0.4 is 5.32 Å². The molecule has 1 saturated heterocycles. The first-order valence-electron chi connectivity index (χ1n) is 9.69. The second-order valence-electron chi connectivity index (χ2n) is 7.01. The van der Waals surface area contributed by atoms with Crippen LogP contribution in [0.15, 0.2) is 54.6 Å². The average molecular weight is 400 g/mol. The number of nitrogens with one attached hydrogen (secondary N) is 1. The van der Waals surface area contributed by atoms with Gasteiger partial charge in [0.15, 0.2) is 0 Å². The minimum Gasteiger partial charge on any atom is -0.352 e. The van der Waals surface area contributed by atoms with Crippen LogP contribution in [0.5, 0.6) is 0 Å². The second-order valence-corrected chi connectivity index (χ2v) is 7.45. The van der Waals surface area contributed by atoms with Gasteiger partial charge in [0.2, 0.25) is 5.91 Å². The van der Waals surface area contributed by atoms with Crippen LogP contribution in [0.2, 0.25) is 5.02 Å². The van der Waals surface area contributed by atoms with Gasteiger partial charge in [-0.2, -0.15) is 0 Å². The predicted octanol–water partition coefficient (Wildman–Crippen LogP) is 3.19. The van der Waals surface area contributed by atoms with Crippen LogP contribution in [0, 0.1) is 0 Å². The fourth-order valence-corrected chi connectivity index (χ4v) is 3.49. The van der Waals surface area contributed by atoms with Gasteiger partial charge in [0.1, 0.15) is 0 Å². The van der Waals surface area contributed by atoms with Crippen LogP contribution in [0.4, 0.5) is 0 Å².